The average Bonchev–Trinajstić information content (AvgIpc) is 2.34. The third kappa shape index (κ3) is 4.77. The molecule has 5 heteroatoms. The zero-order chi connectivity index (χ0) is 16.2. The fourth-order valence-corrected chi connectivity index (χ4v) is 1.94. The molecule has 0 aromatic heterocycles. The fourth-order valence-electron chi connectivity index (χ4n) is 1.94. The van der Waals surface area contributed by atoms with Gasteiger partial charge in [0.2, 0.25) is 0 Å². The number of likely N-dealkylation sites (N-methyl/N-ethyl adjacent to an activating group) is 1. The molecule has 1 atom stereocenters. The molecule has 5 nitrogen and oxygen atoms in total. The monoisotopic (exact) mass is 293 g/mol. The molecule has 0 heterocycles. The zero-order valence-electron chi connectivity index (χ0n) is 13.2. The first-order valence-electron chi connectivity index (χ1n) is 6.94. The van der Waals surface area contributed by atoms with E-state index in [2.05, 4.69) is 0 Å². The van der Waals surface area contributed by atoms with Crippen molar-refractivity contribution < 1.29 is 19.4 Å². The Balaban J connectivity index is 3.09. The van der Waals surface area contributed by atoms with Gasteiger partial charge in [-0.15, -0.1) is 0 Å². The Morgan fingerprint density at radius 1 is 1.24 bits per heavy atom. The van der Waals surface area contributed by atoms with Gasteiger partial charge in [0.05, 0.1) is 0 Å². The topological polar surface area (TPSA) is 66.8 Å². The minimum Gasteiger partial charge on any atom is -0.479 e. The Labute approximate surface area is 125 Å². The summed E-state index contributed by atoms with van der Waals surface area (Å²) in [6.45, 7) is 9.15. The second-order valence-corrected chi connectivity index (χ2v) is 5.92. The van der Waals surface area contributed by atoms with Gasteiger partial charge in [0.1, 0.15) is 5.60 Å². The lowest BCUT2D eigenvalue weighted by Gasteiger charge is -2.30. The maximum atomic E-state index is 12.2. The van der Waals surface area contributed by atoms with Gasteiger partial charge < -0.3 is 9.84 Å². The summed E-state index contributed by atoms with van der Waals surface area (Å²) in [6, 6.07) is 6.05. The second kappa shape index (κ2) is 6.61. The SMILES string of the molecule is CCN(C(=O)OC(C)(C)C)C(C(=O)O)c1ccc(C)cc1. The standard InChI is InChI=1S/C16H23NO4/c1-6-17(15(20)21-16(3,4)5)13(14(18)19)12-9-7-11(2)8-10-12/h7-10,13H,6H2,1-5H3,(H,18,19). The van der Waals surface area contributed by atoms with Gasteiger partial charge in [-0.2, -0.15) is 0 Å². The molecule has 0 radical (unpaired) electrons. The number of hydrogen-bond acceptors (Lipinski definition) is 3. The number of nitrogens with zero attached hydrogens (tertiary/aromatic N) is 1. The maximum absolute atomic E-state index is 12.2. The number of aliphatic carboxylic acids is 1. The molecule has 1 amide bonds. The number of hydrogen-bond donors (Lipinski definition) is 1. The quantitative estimate of drug-likeness (QED) is 0.924. The highest BCUT2D eigenvalue weighted by Gasteiger charge is 2.33. The first kappa shape index (κ1) is 17.0. The normalized spacial score (nSPS) is 12.6. The summed E-state index contributed by atoms with van der Waals surface area (Å²) in [7, 11) is 0. The molecule has 1 aromatic rings. The number of aryl methyl sites for hydroxylation is 1. The maximum Gasteiger partial charge on any atom is 0.411 e. The number of benzene rings is 1. The molecule has 1 unspecified atom stereocenters. The van der Waals surface area contributed by atoms with E-state index >= 15 is 0 Å². The smallest absolute Gasteiger partial charge is 0.411 e. The van der Waals surface area contributed by atoms with E-state index in [-0.39, 0.29) is 6.54 Å². The van der Waals surface area contributed by atoms with Gasteiger partial charge in [0.15, 0.2) is 6.04 Å². The molecular formula is C16H23NO4. The molecule has 1 aromatic carbocycles. The Morgan fingerprint density at radius 2 is 1.76 bits per heavy atom. The molecule has 0 aliphatic rings. The van der Waals surface area contributed by atoms with Crippen LogP contribution in [-0.2, 0) is 9.53 Å². The van der Waals surface area contributed by atoms with Crippen LogP contribution in [0, 0.1) is 6.92 Å². The number of carboxylic acid groups (broad SMARTS) is 1. The lowest BCUT2D eigenvalue weighted by atomic mass is 10.0. The predicted octanol–water partition coefficient (Wildman–Crippen LogP) is 3.38. The van der Waals surface area contributed by atoms with Crippen LogP contribution in [0.5, 0.6) is 0 Å². The summed E-state index contributed by atoms with van der Waals surface area (Å²) in [4.78, 5) is 25.0. The lowest BCUT2D eigenvalue weighted by molar-refractivity contribution is -0.143. The summed E-state index contributed by atoms with van der Waals surface area (Å²) in [5.74, 6) is -1.08. The third-order valence-electron chi connectivity index (χ3n) is 2.91. The van der Waals surface area contributed by atoms with Crippen LogP contribution < -0.4 is 0 Å². The Kier molecular flexibility index (Phi) is 5.35. The number of carbonyl (C=O) groups is 2. The minimum absolute atomic E-state index is 0.250. The van der Waals surface area contributed by atoms with Crippen LogP contribution in [0.25, 0.3) is 0 Å². The van der Waals surface area contributed by atoms with Gasteiger partial charge in [0.25, 0.3) is 0 Å². The van der Waals surface area contributed by atoms with Crippen LogP contribution >= 0.6 is 0 Å². The van der Waals surface area contributed by atoms with Gasteiger partial charge in [-0.1, -0.05) is 29.8 Å². The van der Waals surface area contributed by atoms with Crippen molar-refractivity contribution in [1.29, 1.82) is 0 Å². The Morgan fingerprint density at radius 3 is 2.14 bits per heavy atom. The number of amides is 1. The van der Waals surface area contributed by atoms with Crippen LogP contribution in [0.2, 0.25) is 0 Å². The predicted molar refractivity (Wildman–Crippen MR) is 80.2 cm³/mol. The molecule has 0 fully saturated rings. The molecule has 1 rings (SSSR count). The molecule has 0 bridgehead atoms. The minimum atomic E-state index is -1.08. The number of carboxylic acids is 1. The van der Waals surface area contributed by atoms with E-state index < -0.39 is 23.7 Å². The fraction of sp³-hybridized carbons (Fsp3) is 0.500. The third-order valence-corrected chi connectivity index (χ3v) is 2.91. The number of rotatable bonds is 4. The number of ether oxygens (including phenoxy) is 1. The van der Waals surface area contributed by atoms with Crippen molar-refractivity contribution in [3.8, 4) is 0 Å². The first-order chi connectivity index (χ1) is 9.65. The van der Waals surface area contributed by atoms with Crippen LogP contribution in [0.15, 0.2) is 24.3 Å². The van der Waals surface area contributed by atoms with Crippen LogP contribution in [0.1, 0.15) is 44.9 Å². The van der Waals surface area contributed by atoms with Gasteiger partial charge in [-0.3, -0.25) is 4.90 Å². The van der Waals surface area contributed by atoms with Crippen LogP contribution in [0.3, 0.4) is 0 Å². The summed E-state index contributed by atoms with van der Waals surface area (Å²) in [5.41, 5.74) is 0.921. The highest BCUT2D eigenvalue weighted by molar-refractivity contribution is 5.81. The van der Waals surface area contributed by atoms with Gasteiger partial charge in [0, 0.05) is 6.54 Å². The molecule has 0 saturated heterocycles. The van der Waals surface area contributed by atoms with Crippen molar-refractivity contribution in [2.75, 3.05) is 6.54 Å². The van der Waals surface area contributed by atoms with Crippen LogP contribution in [0.4, 0.5) is 4.79 Å². The molecule has 0 spiro atoms. The molecule has 116 valence electrons. The molecule has 1 N–H and O–H groups in total. The van der Waals surface area contributed by atoms with Crippen molar-refractivity contribution in [3.05, 3.63) is 35.4 Å². The van der Waals surface area contributed by atoms with Gasteiger partial charge >= 0.3 is 12.1 Å². The van der Waals surface area contributed by atoms with E-state index in [1.54, 1.807) is 39.8 Å². The highest BCUT2D eigenvalue weighted by Crippen LogP contribution is 2.24. The van der Waals surface area contributed by atoms with Crippen molar-refractivity contribution in [2.24, 2.45) is 0 Å². The second-order valence-electron chi connectivity index (χ2n) is 5.92. The molecular weight excluding hydrogens is 270 g/mol. The Hall–Kier alpha value is -2.04. The molecule has 0 aliphatic heterocycles. The van der Waals surface area contributed by atoms with Crippen LogP contribution in [-0.4, -0.2) is 34.2 Å². The first-order valence-corrected chi connectivity index (χ1v) is 6.94. The largest absolute Gasteiger partial charge is 0.479 e. The van der Waals surface area contributed by atoms with E-state index in [1.165, 1.54) is 4.90 Å². The molecule has 0 saturated carbocycles. The summed E-state index contributed by atoms with van der Waals surface area (Å²) in [5, 5.41) is 9.50. The summed E-state index contributed by atoms with van der Waals surface area (Å²) >= 11 is 0. The Bertz CT molecular complexity index is 502. The van der Waals surface area contributed by atoms with Crippen molar-refractivity contribution in [1.82, 2.24) is 4.90 Å². The van der Waals surface area contributed by atoms with Gasteiger partial charge in [-0.05, 0) is 40.2 Å². The average molecular weight is 293 g/mol. The van der Waals surface area contributed by atoms with Gasteiger partial charge in [-0.25, -0.2) is 9.59 Å². The summed E-state index contributed by atoms with van der Waals surface area (Å²) < 4.78 is 5.29. The zero-order valence-corrected chi connectivity index (χ0v) is 13.2. The summed E-state index contributed by atoms with van der Waals surface area (Å²) in [6.07, 6.45) is -0.627. The van der Waals surface area contributed by atoms with Crippen molar-refractivity contribution in [3.63, 3.8) is 0 Å². The van der Waals surface area contributed by atoms with Crippen molar-refractivity contribution >= 4 is 12.1 Å². The highest BCUT2D eigenvalue weighted by atomic mass is 16.6. The van der Waals surface area contributed by atoms with E-state index in [4.69, 9.17) is 4.74 Å². The van der Waals surface area contributed by atoms with E-state index in [9.17, 15) is 14.7 Å². The van der Waals surface area contributed by atoms with E-state index in [1.807, 2.05) is 19.1 Å². The lowest BCUT2D eigenvalue weighted by Crippen LogP contribution is -2.42. The van der Waals surface area contributed by atoms with Crippen molar-refractivity contribution in [2.45, 2.75) is 46.3 Å². The molecule has 21 heavy (non-hydrogen) atoms. The number of carbonyl (C=O) groups excluding carboxylic acids is 1. The molecule has 0 aliphatic carbocycles. The van der Waals surface area contributed by atoms with E-state index in [0.29, 0.717) is 5.56 Å². The van der Waals surface area contributed by atoms with E-state index in [0.717, 1.165) is 5.56 Å².